The summed E-state index contributed by atoms with van der Waals surface area (Å²) in [6.45, 7) is 5.43. The molecule has 1 atom stereocenters. The summed E-state index contributed by atoms with van der Waals surface area (Å²) in [4.78, 5) is 23.7. The van der Waals surface area contributed by atoms with Gasteiger partial charge in [-0.05, 0) is 30.5 Å². The van der Waals surface area contributed by atoms with Crippen molar-refractivity contribution in [2.75, 3.05) is 13.6 Å². The Morgan fingerprint density at radius 2 is 1.95 bits per heavy atom. The van der Waals surface area contributed by atoms with Gasteiger partial charge >= 0.3 is 5.97 Å². The fourth-order valence-corrected chi connectivity index (χ4v) is 1.79. The van der Waals surface area contributed by atoms with Gasteiger partial charge in [0.1, 0.15) is 12.3 Å². The van der Waals surface area contributed by atoms with Gasteiger partial charge in [-0.3, -0.25) is 9.59 Å². The first-order chi connectivity index (χ1) is 9.31. The third-order valence-electron chi connectivity index (χ3n) is 2.93. The molecule has 0 spiro atoms. The number of rotatable bonds is 6. The van der Waals surface area contributed by atoms with Crippen molar-refractivity contribution < 1.29 is 19.4 Å². The maximum absolute atomic E-state index is 11.9. The first kappa shape index (κ1) is 16.0. The van der Waals surface area contributed by atoms with E-state index in [0.29, 0.717) is 11.7 Å². The smallest absolute Gasteiger partial charge is 0.323 e. The van der Waals surface area contributed by atoms with Crippen LogP contribution in [0.4, 0.5) is 0 Å². The molecule has 0 aliphatic heterocycles. The van der Waals surface area contributed by atoms with Gasteiger partial charge in [0.25, 0.3) is 5.91 Å². The molecule has 5 nitrogen and oxygen atoms in total. The van der Waals surface area contributed by atoms with Crippen LogP contribution in [-0.2, 0) is 9.59 Å². The second kappa shape index (κ2) is 6.93. The van der Waals surface area contributed by atoms with E-state index in [1.165, 1.54) is 7.05 Å². The second-order valence-electron chi connectivity index (χ2n) is 5.08. The van der Waals surface area contributed by atoms with Crippen molar-refractivity contribution in [3.63, 3.8) is 0 Å². The number of carbonyl (C=O) groups is 2. The summed E-state index contributed by atoms with van der Waals surface area (Å²) < 4.78 is 5.59. The number of benzene rings is 1. The Bertz CT molecular complexity index is 485. The molecule has 1 rings (SSSR count). The normalized spacial score (nSPS) is 12.1. The minimum absolute atomic E-state index is 0.335. The Morgan fingerprint density at radius 3 is 2.50 bits per heavy atom. The van der Waals surface area contributed by atoms with E-state index < -0.39 is 12.1 Å². The summed E-state index contributed by atoms with van der Waals surface area (Å²) >= 11 is 0. The summed E-state index contributed by atoms with van der Waals surface area (Å²) in [7, 11) is 1.45. The zero-order chi connectivity index (χ0) is 15.3. The number of likely N-dealkylation sites (N-methyl/N-ethyl adjacent to an activating group) is 1. The molecule has 0 fully saturated rings. The third-order valence-corrected chi connectivity index (χ3v) is 2.93. The van der Waals surface area contributed by atoms with Crippen LogP contribution in [0, 0.1) is 0 Å². The fraction of sp³-hybridized carbons (Fsp3) is 0.467. The summed E-state index contributed by atoms with van der Waals surface area (Å²) in [6, 6.07) is 7.56. The van der Waals surface area contributed by atoms with Gasteiger partial charge in [0.15, 0.2) is 6.10 Å². The predicted octanol–water partition coefficient (Wildman–Crippen LogP) is 2.12. The van der Waals surface area contributed by atoms with Crippen LogP contribution in [0.15, 0.2) is 24.3 Å². The molecule has 1 amide bonds. The lowest BCUT2D eigenvalue weighted by atomic mass is 10.0. The largest absolute Gasteiger partial charge is 0.481 e. The molecule has 110 valence electrons. The molecule has 0 aliphatic carbocycles. The number of hydrogen-bond acceptors (Lipinski definition) is 3. The molecule has 1 N–H and O–H groups in total. The lowest BCUT2D eigenvalue weighted by Gasteiger charge is -2.21. The molecule has 1 unspecified atom stereocenters. The van der Waals surface area contributed by atoms with E-state index in [1.54, 1.807) is 13.0 Å². The molecule has 0 aliphatic rings. The standard InChI is InChI=1S/C15H21NO4/c1-10(2)12-6-5-7-13(8-12)20-11(3)15(19)16(4)9-14(17)18/h5-8,10-11H,9H2,1-4H3,(H,17,18). The first-order valence-corrected chi connectivity index (χ1v) is 6.54. The van der Waals surface area contributed by atoms with Crippen molar-refractivity contribution in [1.29, 1.82) is 0 Å². The van der Waals surface area contributed by atoms with Crippen LogP contribution >= 0.6 is 0 Å². The average molecular weight is 279 g/mol. The highest BCUT2D eigenvalue weighted by atomic mass is 16.5. The van der Waals surface area contributed by atoms with Gasteiger partial charge in [-0.25, -0.2) is 0 Å². The van der Waals surface area contributed by atoms with E-state index in [-0.39, 0.29) is 12.5 Å². The summed E-state index contributed by atoms with van der Waals surface area (Å²) in [5, 5.41) is 8.67. The Balaban J connectivity index is 2.70. The molecule has 0 saturated carbocycles. The van der Waals surface area contributed by atoms with Crippen molar-refractivity contribution >= 4 is 11.9 Å². The molecule has 1 aromatic rings. The lowest BCUT2D eigenvalue weighted by Crippen LogP contribution is -2.40. The lowest BCUT2D eigenvalue weighted by molar-refractivity contribution is -0.146. The zero-order valence-corrected chi connectivity index (χ0v) is 12.3. The van der Waals surface area contributed by atoms with Crippen molar-refractivity contribution in [3.05, 3.63) is 29.8 Å². The van der Waals surface area contributed by atoms with E-state index in [9.17, 15) is 9.59 Å². The van der Waals surface area contributed by atoms with Gasteiger partial charge in [0.2, 0.25) is 0 Å². The first-order valence-electron chi connectivity index (χ1n) is 6.54. The monoisotopic (exact) mass is 279 g/mol. The number of hydrogen-bond donors (Lipinski definition) is 1. The highest BCUT2D eigenvalue weighted by Gasteiger charge is 2.20. The van der Waals surface area contributed by atoms with E-state index >= 15 is 0 Å². The minimum atomic E-state index is -1.05. The Morgan fingerprint density at radius 1 is 1.30 bits per heavy atom. The molecule has 20 heavy (non-hydrogen) atoms. The molecule has 0 saturated heterocycles. The third kappa shape index (κ3) is 4.57. The number of ether oxygens (including phenoxy) is 1. The van der Waals surface area contributed by atoms with Crippen LogP contribution in [0.25, 0.3) is 0 Å². The van der Waals surface area contributed by atoms with Gasteiger partial charge in [-0.2, -0.15) is 0 Å². The van der Waals surface area contributed by atoms with Crippen molar-refractivity contribution in [1.82, 2.24) is 4.90 Å². The second-order valence-corrected chi connectivity index (χ2v) is 5.08. The molecular weight excluding hydrogens is 258 g/mol. The van der Waals surface area contributed by atoms with Crippen LogP contribution in [-0.4, -0.2) is 41.6 Å². The molecule has 0 aromatic heterocycles. The van der Waals surface area contributed by atoms with Gasteiger partial charge in [-0.15, -0.1) is 0 Å². The number of aliphatic carboxylic acids is 1. The Hall–Kier alpha value is -2.04. The highest BCUT2D eigenvalue weighted by molar-refractivity contribution is 5.84. The van der Waals surface area contributed by atoms with Gasteiger partial charge in [0.05, 0.1) is 0 Å². The molecule has 0 heterocycles. The summed E-state index contributed by atoms with van der Waals surface area (Å²) in [5.74, 6) is -0.419. The Labute approximate surface area is 119 Å². The average Bonchev–Trinajstić information content (AvgIpc) is 2.37. The summed E-state index contributed by atoms with van der Waals surface area (Å²) in [5.41, 5.74) is 1.13. The number of carboxylic acid groups (broad SMARTS) is 1. The Kier molecular flexibility index (Phi) is 5.55. The van der Waals surface area contributed by atoms with Crippen LogP contribution in [0.3, 0.4) is 0 Å². The van der Waals surface area contributed by atoms with Crippen LogP contribution in [0.5, 0.6) is 5.75 Å². The van der Waals surface area contributed by atoms with Crippen molar-refractivity contribution in [3.8, 4) is 5.75 Å². The van der Waals surface area contributed by atoms with E-state index in [0.717, 1.165) is 10.5 Å². The van der Waals surface area contributed by atoms with E-state index in [2.05, 4.69) is 13.8 Å². The van der Waals surface area contributed by atoms with Gasteiger partial charge in [-0.1, -0.05) is 26.0 Å². The molecular formula is C15H21NO4. The van der Waals surface area contributed by atoms with E-state index in [4.69, 9.17) is 9.84 Å². The molecule has 5 heteroatoms. The molecule has 0 radical (unpaired) electrons. The maximum Gasteiger partial charge on any atom is 0.323 e. The number of carboxylic acids is 1. The topological polar surface area (TPSA) is 66.8 Å². The van der Waals surface area contributed by atoms with Crippen molar-refractivity contribution in [2.24, 2.45) is 0 Å². The predicted molar refractivity (Wildman–Crippen MR) is 75.9 cm³/mol. The van der Waals surface area contributed by atoms with Crippen molar-refractivity contribution in [2.45, 2.75) is 32.8 Å². The number of nitrogens with zero attached hydrogens (tertiary/aromatic N) is 1. The van der Waals surface area contributed by atoms with Gasteiger partial charge in [0, 0.05) is 7.05 Å². The SMILES string of the molecule is CC(Oc1cccc(C(C)C)c1)C(=O)N(C)CC(=O)O. The molecule has 1 aromatic carbocycles. The highest BCUT2D eigenvalue weighted by Crippen LogP contribution is 2.21. The minimum Gasteiger partial charge on any atom is -0.481 e. The quantitative estimate of drug-likeness (QED) is 0.866. The molecule has 0 bridgehead atoms. The number of amides is 1. The zero-order valence-electron chi connectivity index (χ0n) is 12.3. The summed E-state index contributed by atoms with van der Waals surface area (Å²) in [6.07, 6.45) is -0.721. The fourth-order valence-electron chi connectivity index (χ4n) is 1.79. The van der Waals surface area contributed by atoms with Gasteiger partial charge < -0.3 is 14.7 Å². The van der Waals surface area contributed by atoms with Crippen LogP contribution in [0.2, 0.25) is 0 Å². The van der Waals surface area contributed by atoms with E-state index in [1.807, 2.05) is 18.2 Å². The van der Waals surface area contributed by atoms with Crippen LogP contribution < -0.4 is 4.74 Å². The maximum atomic E-state index is 11.9. The number of carbonyl (C=O) groups excluding carboxylic acids is 1. The van der Waals surface area contributed by atoms with Crippen LogP contribution in [0.1, 0.15) is 32.3 Å².